The number of para-hydroxylation sites is 1. The van der Waals surface area contributed by atoms with Crippen molar-refractivity contribution in [2.75, 3.05) is 7.11 Å². The third-order valence-electron chi connectivity index (χ3n) is 4.29. The van der Waals surface area contributed by atoms with Crippen LogP contribution in [-0.4, -0.2) is 22.8 Å². The minimum atomic E-state index is -0.615. The second-order valence-corrected chi connectivity index (χ2v) is 5.93. The molecule has 0 atom stereocenters. The summed E-state index contributed by atoms with van der Waals surface area (Å²) in [5.41, 5.74) is 3.60. The number of ether oxygens (including phenoxy) is 1. The van der Waals surface area contributed by atoms with Crippen LogP contribution in [0.4, 0.5) is 4.39 Å². The third-order valence-corrected chi connectivity index (χ3v) is 4.29. The van der Waals surface area contributed by atoms with Crippen LogP contribution in [0.3, 0.4) is 0 Å². The van der Waals surface area contributed by atoms with Crippen LogP contribution in [0.5, 0.6) is 5.75 Å². The van der Waals surface area contributed by atoms with Crippen LogP contribution in [0.15, 0.2) is 48.5 Å². The fourth-order valence-electron chi connectivity index (χ4n) is 2.82. The number of benzene rings is 2. The van der Waals surface area contributed by atoms with Crippen molar-refractivity contribution >= 4 is 5.91 Å². The molecule has 1 heterocycles. The standard InChI is InChI=1S/C20H20FN3O2/c1-13-18(14(2)24(23-13)15-7-5-4-6-8-15)12-22-20(25)17-10-9-16(26-3)11-19(17)21/h4-11H,12H2,1-3H3,(H,22,25). The van der Waals surface area contributed by atoms with Gasteiger partial charge in [0.25, 0.3) is 5.91 Å². The average Bonchev–Trinajstić information content (AvgIpc) is 2.94. The van der Waals surface area contributed by atoms with Gasteiger partial charge >= 0.3 is 0 Å². The molecule has 0 aliphatic carbocycles. The molecular formula is C20H20FN3O2. The predicted molar refractivity (Wildman–Crippen MR) is 97.2 cm³/mol. The van der Waals surface area contributed by atoms with E-state index in [1.807, 2.05) is 48.9 Å². The molecule has 6 heteroatoms. The first-order chi connectivity index (χ1) is 12.5. The molecule has 0 saturated heterocycles. The van der Waals surface area contributed by atoms with Crippen LogP contribution in [0, 0.1) is 19.7 Å². The molecule has 0 bridgehead atoms. The Hall–Kier alpha value is -3.15. The highest BCUT2D eigenvalue weighted by molar-refractivity contribution is 5.94. The van der Waals surface area contributed by atoms with Crippen molar-refractivity contribution in [1.82, 2.24) is 15.1 Å². The molecule has 0 fully saturated rings. The van der Waals surface area contributed by atoms with Crippen molar-refractivity contribution in [2.45, 2.75) is 20.4 Å². The first-order valence-electron chi connectivity index (χ1n) is 8.23. The summed E-state index contributed by atoms with van der Waals surface area (Å²) < 4.78 is 20.8. The molecule has 0 radical (unpaired) electrons. The van der Waals surface area contributed by atoms with Crippen molar-refractivity contribution in [1.29, 1.82) is 0 Å². The fourth-order valence-corrected chi connectivity index (χ4v) is 2.82. The molecule has 1 N–H and O–H groups in total. The van der Waals surface area contributed by atoms with E-state index in [1.54, 1.807) is 6.07 Å². The van der Waals surface area contributed by atoms with Crippen LogP contribution >= 0.6 is 0 Å². The predicted octanol–water partition coefficient (Wildman–Crippen LogP) is 3.57. The maximum Gasteiger partial charge on any atom is 0.254 e. The van der Waals surface area contributed by atoms with Gasteiger partial charge < -0.3 is 10.1 Å². The Kier molecular flexibility index (Phi) is 5.02. The zero-order chi connectivity index (χ0) is 18.7. The highest BCUT2D eigenvalue weighted by Crippen LogP contribution is 2.19. The molecule has 0 aliphatic heterocycles. The molecule has 134 valence electrons. The number of carbonyl (C=O) groups excluding carboxylic acids is 1. The lowest BCUT2D eigenvalue weighted by Gasteiger charge is -2.08. The molecule has 3 rings (SSSR count). The van der Waals surface area contributed by atoms with E-state index in [9.17, 15) is 9.18 Å². The number of hydrogen-bond acceptors (Lipinski definition) is 3. The number of rotatable bonds is 5. The van der Waals surface area contributed by atoms with E-state index in [-0.39, 0.29) is 12.1 Å². The van der Waals surface area contributed by atoms with E-state index >= 15 is 0 Å². The van der Waals surface area contributed by atoms with E-state index in [2.05, 4.69) is 10.4 Å². The number of amides is 1. The van der Waals surface area contributed by atoms with Crippen molar-refractivity contribution in [2.24, 2.45) is 0 Å². The largest absolute Gasteiger partial charge is 0.497 e. The SMILES string of the molecule is COc1ccc(C(=O)NCc2c(C)nn(-c3ccccc3)c2C)c(F)c1. The Morgan fingerprint density at radius 2 is 1.92 bits per heavy atom. The van der Waals surface area contributed by atoms with E-state index in [4.69, 9.17) is 4.74 Å². The van der Waals surface area contributed by atoms with Gasteiger partial charge in [-0.1, -0.05) is 18.2 Å². The molecule has 0 aliphatic rings. The molecule has 5 nitrogen and oxygen atoms in total. The summed E-state index contributed by atoms with van der Waals surface area (Å²) in [5, 5.41) is 7.31. The van der Waals surface area contributed by atoms with Gasteiger partial charge in [0.2, 0.25) is 0 Å². The Balaban J connectivity index is 1.78. The molecule has 26 heavy (non-hydrogen) atoms. The topological polar surface area (TPSA) is 56.1 Å². The Bertz CT molecular complexity index is 936. The number of aryl methyl sites for hydroxylation is 1. The van der Waals surface area contributed by atoms with Crippen molar-refractivity contribution in [3.63, 3.8) is 0 Å². The van der Waals surface area contributed by atoms with Gasteiger partial charge in [0.05, 0.1) is 24.1 Å². The van der Waals surface area contributed by atoms with Gasteiger partial charge in [-0.05, 0) is 38.1 Å². The minimum Gasteiger partial charge on any atom is -0.497 e. The van der Waals surface area contributed by atoms with Gasteiger partial charge in [0.15, 0.2) is 0 Å². The molecule has 3 aromatic rings. The van der Waals surface area contributed by atoms with Gasteiger partial charge in [-0.15, -0.1) is 0 Å². The molecule has 0 unspecified atom stereocenters. The summed E-state index contributed by atoms with van der Waals surface area (Å²) in [5.74, 6) is -0.721. The average molecular weight is 353 g/mol. The quantitative estimate of drug-likeness (QED) is 0.763. The van der Waals surface area contributed by atoms with Crippen LogP contribution in [0.2, 0.25) is 0 Å². The smallest absolute Gasteiger partial charge is 0.254 e. The number of aromatic nitrogens is 2. The first kappa shape index (κ1) is 17.7. The summed E-state index contributed by atoms with van der Waals surface area (Å²) >= 11 is 0. The summed E-state index contributed by atoms with van der Waals surface area (Å²) in [6.07, 6.45) is 0. The van der Waals surface area contributed by atoms with Crippen molar-refractivity contribution in [3.8, 4) is 11.4 Å². The maximum absolute atomic E-state index is 14.0. The highest BCUT2D eigenvalue weighted by Gasteiger charge is 2.16. The molecular weight excluding hydrogens is 333 g/mol. The number of hydrogen-bond donors (Lipinski definition) is 1. The highest BCUT2D eigenvalue weighted by atomic mass is 19.1. The normalized spacial score (nSPS) is 10.6. The van der Waals surface area contributed by atoms with E-state index in [0.29, 0.717) is 5.75 Å². The summed E-state index contributed by atoms with van der Waals surface area (Å²) in [4.78, 5) is 12.3. The van der Waals surface area contributed by atoms with Gasteiger partial charge in [-0.3, -0.25) is 4.79 Å². The van der Waals surface area contributed by atoms with Crippen LogP contribution < -0.4 is 10.1 Å². The third kappa shape index (κ3) is 3.44. The first-order valence-corrected chi connectivity index (χ1v) is 8.23. The van der Waals surface area contributed by atoms with E-state index < -0.39 is 11.7 Å². The van der Waals surface area contributed by atoms with Gasteiger partial charge in [0, 0.05) is 23.9 Å². The zero-order valence-electron chi connectivity index (χ0n) is 14.9. The van der Waals surface area contributed by atoms with Crippen molar-refractivity contribution < 1.29 is 13.9 Å². The van der Waals surface area contributed by atoms with Crippen LogP contribution in [0.1, 0.15) is 27.3 Å². The summed E-state index contributed by atoms with van der Waals surface area (Å²) in [6, 6.07) is 13.9. The Labute approximate surface area is 151 Å². The molecule has 0 spiro atoms. The van der Waals surface area contributed by atoms with Crippen LogP contribution in [-0.2, 0) is 6.54 Å². The van der Waals surface area contributed by atoms with Crippen molar-refractivity contribution in [3.05, 3.63) is 76.9 Å². The minimum absolute atomic E-state index is 0.0171. The fraction of sp³-hybridized carbons (Fsp3) is 0.200. The maximum atomic E-state index is 14.0. The van der Waals surface area contributed by atoms with Gasteiger partial charge in [-0.2, -0.15) is 5.10 Å². The summed E-state index contributed by atoms with van der Waals surface area (Å²) in [6.45, 7) is 4.11. The zero-order valence-corrected chi connectivity index (χ0v) is 14.9. The van der Waals surface area contributed by atoms with E-state index in [0.717, 1.165) is 22.6 Å². The lowest BCUT2D eigenvalue weighted by atomic mass is 10.1. The number of methoxy groups -OCH3 is 1. The molecule has 1 aromatic heterocycles. The van der Waals surface area contributed by atoms with Crippen LogP contribution in [0.25, 0.3) is 5.69 Å². The monoisotopic (exact) mass is 353 g/mol. The van der Waals surface area contributed by atoms with Gasteiger partial charge in [-0.25, -0.2) is 9.07 Å². The Morgan fingerprint density at radius 3 is 2.58 bits per heavy atom. The number of carbonyl (C=O) groups is 1. The number of nitrogens with zero attached hydrogens (tertiary/aromatic N) is 2. The molecule has 2 aromatic carbocycles. The second kappa shape index (κ2) is 7.39. The van der Waals surface area contributed by atoms with E-state index in [1.165, 1.54) is 19.2 Å². The number of halogens is 1. The summed E-state index contributed by atoms with van der Waals surface area (Å²) in [7, 11) is 1.45. The molecule has 1 amide bonds. The van der Waals surface area contributed by atoms with Gasteiger partial charge in [0.1, 0.15) is 11.6 Å². The molecule has 0 saturated carbocycles. The lowest BCUT2D eigenvalue weighted by Crippen LogP contribution is -2.24. The lowest BCUT2D eigenvalue weighted by molar-refractivity contribution is 0.0946. The second-order valence-electron chi connectivity index (χ2n) is 5.93. The Morgan fingerprint density at radius 1 is 1.19 bits per heavy atom. The number of nitrogens with one attached hydrogen (secondary N) is 1.